The summed E-state index contributed by atoms with van der Waals surface area (Å²) in [5, 5.41) is 8.71. The summed E-state index contributed by atoms with van der Waals surface area (Å²) in [4.78, 5) is 42.5. The van der Waals surface area contributed by atoms with Gasteiger partial charge in [-0.15, -0.1) is 0 Å². The highest BCUT2D eigenvalue weighted by atomic mass is 16.2. The minimum atomic E-state index is -0.447. The molecule has 8 nitrogen and oxygen atoms in total. The molecule has 3 aromatic rings. The molecule has 27 heavy (non-hydrogen) atoms. The third kappa shape index (κ3) is 3.20. The first-order valence-electron chi connectivity index (χ1n) is 8.34. The number of amides is 3. The van der Waals surface area contributed by atoms with Gasteiger partial charge in [0, 0.05) is 12.1 Å². The molecule has 2 heterocycles. The van der Waals surface area contributed by atoms with E-state index in [1.807, 2.05) is 30.3 Å². The molecule has 0 unspecified atom stereocenters. The van der Waals surface area contributed by atoms with Gasteiger partial charge in [0.05, 0.1) is 11.1 Å². The normalized spacial score (nSPS) is 13.0. The van der Waals surface area contributed by atoms with Gasteiger partial charge in [-0.1, -0.05) is 30.3 Å². The second-order valence-electron chi connectivity index (χ2n) is 6.05. The van der Waals surface area contributed by atoms with Crippen LogP contribution < -0.4 is 5.32 Å². The molecule has 0 spiro atoms. The highest BCUT2D eigenvalue weighted by Gasteiger charge is 2.35. The Bertz CT molecular complexity index is 1020. The summed E-state index contributed by atoms with van der Waals surface area (Å²) in [6.07, 6.45) is 1.84. The number of hydrogen-bond acceptors (Lipinski definition) is 5. The van der Waals surface area contributed by atoms with Crippen LogP contribution in [-0.2, 0) is 6.42 Å². The van der Waals surface area contributed by atoms with Gasteiger partial charge in [0.2, 0.25) is 5.95 Å². The average molecular weight is 361 g/mol. The van der Waals surface area contributed by atoms with Crippen LogP contribution in [0.25, 0.3) is 0 Å². The fourth-order valence-electron chi connectivity index (χ4n) is 2.97. The Balaban J connectivity index is 1.51. The van der Waals surface area contributed by atoms with Crippen molar-refractivity contribution in [2.24, 2.45) is 0 Å². The largest absolute Gasteiger partial charge is 0.291 e. The summed E-state index contributed by atoms with van der Waals surface area (Å²) >= 11 is 0. The third-order valence-electron chi connectivity index (χ3n) is 4.35. The lowest BCUT2D eigenvalue weighted by molar-refractivity contribution is 0.0656. The molecule has 134 valence electrons. The highest BCUT2D eigenvalue weighted by Crippen LogP contribution is 2.24. The number of nitrogens with zero attached hydrogens (tertiary/aromatic N) is 3. The zero-order valence-electron chi connectivity index (χ0n) is 14.2. The summed E-state index contributed by atoms with van der Waals surface area (Å²) < 4.78 is 0. The number of hydrogen-bond donors (Lipinski definition) is 2. The van der Waals surface area contributed by atoms with Gasteiger partial charge in [0.1, 0.15) is 6.33 Å². The van der Waals surface area contributed by atoms with Gasteiger partial charge in [0.15, 0.2) is 0 Å². The van der Waals surface area contributed by atoms with Crippen LogP contribution in [-0.4, -0.2) is 44.3 Å². The van der Waals surface area contributed by atoms with E-state index >= 15 is 0 Å². The molecular weight excluding hydrogens is 346 g/mol. The van der Waals surface area contributed by atoms with Crippen molar-refractivity contribution < 1.29 is 14.4 Å². The van der Waals surface area contributed by atoms with Crippen molar-refractivity contribution in [3.8, 4) is 0 Å². The monoisotopic (exact) mass is 361 g/mol. The van der Waals surface area contributed by atoms with E-state index in [4.69, 9.17) is 0 Å². The molecule has 0 radical (unpaired) electrons. The Morgan fingerprint density at radius 3 is 2.56 bits per heavy atom. The molecule has 2 N–H and O–H groups in total. The molecule has 3 amide bonds. The maximum Gasteiger partial charge on any atom is 0.261 e. The van der Waals surface area contributed by atoms with Gasteiger partial charge in [-0.05, 0) is 30.2 Å². The molecule has 0 atom stereocenters. The molecule has 2 aromatic carbocycles. The number of anilines is 1. The van der Waals surface area contributed by atoms with Crippen LogP contribution in [0.3, 0.4) is 0 Å². The van der Waals surface area contributed by atoms with Crippen molar-refractivity contribution >= 4 is 23.7 Å². The van der Waals surface area contributed by atoms with Crippen LogP contribution in [0.2, 0.25) is 0 Å². The van der Waals surface area contributed by atoms with E-state index in [1.165, 1.54) is 29.4 Å². The third-order valence-corrected chi connectivity index (χ3v) is 4.35. The molecule has 0 bridgehead atoms. The predicted molar refractivity (Wildman–Crippen MR) is 96.3 cm³/mol. The lowest BCUT2D eigenvalue weighted by Gasteiger charge is -2.13. The summed E-state index contributed by atoms with van der Waals surface area (Å²) in [5.74, 6) is -0.974. The quantitative estimate of drug-likeness (QED) is 0.675. The number of aromatic amines is 1. The molecular formula is C19H15N5O3. The van der Waals surface area contributed by atoms with E-state index in [0.29, 0.717) is 12.0 Å². The Hall–Kier alpha value is -3.81. The summed E-state index contributed by atoms with van der Waals surface area (Å²) in [7, 11) is 0. The summed E-state index contributed by atoms with van der Waals surface area (Å²) in [5.41, 5.74) is 1.85. The van der Waals surface area contributed by atoms with E-state index in [1.54, 1.807) is 0 Å². The van der Waals surface area contributed by atoms with Gasteiger partial charge in [0.25, 0.3) is 17.7 Å². The van der Waals surface area contributed by atoms with Crippen LogP contribution in [0.5, 0.6) is 0 Å². The minimum absolute atomic E-state index is 0.201. The number of imide groups is 1. The Morgan fingerprint density at radius 2 is 1.81 bits per heavy atom. The first kappa shape index (κ1) is 16.6. The number of nitrogens with one attached hydrogen (secondary N) is 2. The van der Waals surface area contributed by atoms with E-state index in [-0.39, 0.29) is 35.4 Å². The minimum Gasteiger partial charge on any atom is -0.291 e. The van der Waals surface area contributed by atoms with E-state index in [9.17, 15) is 14.4 Å². The maximum absolute atomic E-state index is 12.7. The van der Waals surface area contributed by atoms with Gasteiger partial charge < -0.3 is 0 Å². The second kappa shape index (κ2) is 6.83. The smallest absolute Gasteiger partial charge is 0.261 e. The maximum atomic E-state index is 12.7. The molecule has 1 aromatic heterocycles. The molecule has 0 fully saturated rings. The van der Waals surface area contributed by atoms with E-state index < -0.39 is 5.91 Å². The van der Waals surface area contributed by atoms with Crippen LogP contribution in [0.4, 0.5) is 5.95 Å². The Morgan fingerprint density at radius 1 is 1.04 bits per heavy atom. The number of rotatable bonds is 5. The first-order chi connectivity index (χ1) is 13.1. The number of benzene rings is 2. The fourth-order valence-corrected chi connectivity index (χ4v) is 2.97. The standard InChI is InChI=1S/C19H15N5O3/c25-16(22-19-20-11-21-23-19)13-6-7-14-15(10-13)18(27)24(17(14)26)9-8-12-4-2-1-3-5-12/h1-7,10-11H,8-9H2,(H2,20,21,22,23,25). The van der Waals surface area contributed by atoms with Crippen molar-refractivity contribution in [2.45, 2.75) is 6.42 Å². The molecule has 1 aliphatic rings. The number of fused-ring (bicyclic) bond motifs is 1. The topological polar surface area (TPSA) is 108 Å². The summed E-state index contributed by atoms with van der Waals surface area (Å²) in [6, 6.07) is 14.1. The number of carbonyl (C=O) groups is 3. The Labute approximate surface area is 154 Å². The molecule has 1 aliphatic heterocycles. The van der Waals surface area contributed by atoms with E-state index in [2.05, 4.69) is 20.5 Å². The second-order valence-corrected chi connectivity index (χ2v) is 6.05. The van der Waals surface area contributed by atoms with Crippen molar-refractivity contribution in [1.29, 1.82) is 0 Å². The zero-order valence-corrected chi connectivity index (χ0v) is 14.2. The van der Waals surface area contributed by atoms with Gasteiger partial charge in [-0.25, -0.2) is 5.10 Å². The number of H-pyrrole nitrogens is 1. The summed E-state index contributed by atoms with van der Waals surface area (Å²) in [6.45, 7) is 0.288. The number of carbonyl (C=O) groups excluding carboxylic acids is 3. The Kier molecular flexibility index (Phi) is 4.21. The van der Waals surface area contributed by atoms with Crippen molar-refractivity contribution in [1.82, 2.24) is 20.1 Å². The SMILES string of the molecule is O=C(Nc1ncn[nH]1)c1ccc2c(c1)C(=O)N(CCc1ccccc1)C2=O. The predicted octanol–water partition coefficient (Wildman–Crippen LogP) is 1.90. The average Bonchev–Trinajstić information content (AvgIpc) is 3.28. The van der Waals surface area contributed by atoms with Gasteiger partial charge >= 0.3 is 0 Å². The molecule has 0 aliphatic carbocycles. The van der Waals surface area contributed by atoms with Crippen molar-refractivity contribution in [3.63, 3.8) is 0 Å². The molecule has 8 heteroatoms. The fraction of sp³-hybridized carbons (Fsp3) is 0.105. The highest BCUT2D eigenvalue weighted by molar-refractivity contribution is 6.22. The molecule has 4 rings (SSSR count). The molecule has 0 saturated heterocycles. The lowest BCUT2D eigenvalue weighted by atomic mass is 10.1. The van der Waals surface area contributed by atoms with Crippen LogP contribution in [0, 0.1) is 0 Å². The van der Waals surface area contributed by atoms with Crippen molar-refractivity contribution in [2.75, 3.05) is 11.9 Å². The van der Waals surface area contributed by atoms with Gasteiger partial charge in [-0.3, -0.25) is 24.6 Å². The van der Waals surface area contributed by atoms with E-state index in [0.717, 1.165) is 5.56 Å². The van der Waals surface area contributed by atoms with Crippen LogP contribution in [0.15, 0.2) is 54.9 Å². The first-order valence-corrected chi connectivity index (χ1v) is 8.34. The molecule has 0 saturated carbocycles. The number of aromatic nitrogens is 3. The van der Waals surface area contributed by atoms with Crippen LogP contribution >= 0.6 is 0 Å². The van der Waals surface area contributed by atoms with Crippen molar-refractivity contribution in [3.05, 3.63) is 77.1 Å². The van der Waals surface area contributed by atoms with Gasteiger partial charge in [-0.2, -0.15) is 10.1 Å². The van der Waals surface area contributed by atoms with Crippen LogP contribution in [0.1, 0.15) is 36.6 Å². The zero-order chi connectivity index (χ0) is 18.8. The lowest BCUT2D eigenvalue weighted by Crippen LogP contribution is -2.31.